The van der Waals surface area contributed by atoms with E-state index in [0.29, 0.717) is 11.9 Å². The lowest BCUT2D eigenvalue weighted by Gasteiger charge is -2.07. The molecule has 0 fully saturated rings. The van der Waals surface area contributed by atoms with E-state index in [9.17, 15) is 0 Å². The van der Waals surface area contributed by atoms with Gasteiger partial charge in [0.2, 0.25) is 5.89 Å². The molecule has 1 heterocycles. The lowest BCUT2D eigenvalue weighted by molar-refractivity contribution is 0.423. The van der Waals surface area contributed by atoms with Crippen LogP contribution in [-0.4, -0.2) is 23.3 Å². The Hall–Kier alpha value is -1.88. The third-order valence-corrected chi connectivity index (χ3v) is 3.44. The monoisotopic (exact) mass is 288 g/mol. The van der Waals surface area contributed by atoms with Gasteiger partial charge in [0.05, 0.1) is 6.04 Å². The van der Waals surface area contributed by atoms with Gasteiger partial charge in [-0.25, -0.2) is 0 Å². The molecule has 1 aromatic heterocycles. The average molecular weight is 288 g/mol. The predicted octanol–water partition coefficient (Wildman–Crippen LogP) is 3.09. The van der Waals surface area contributed by atoms with Gasteiger partial charge in [0, 0.05) is 6.54 Å². The van der Waals surface area contributed by atoms with Crippen LogP contribution < -0.4 is 10.6 Å². The fourth-order valence-electron chi connectivity index (χ4n) is 2.12. The molecule has 21 heavy (non-hydrogen) atoms. The Bertz CT molecular complexity index is 553. The van der Waals surface area contributed by atoms with Crippen molar-refractivity contribution in [2.24, 2.45) is 0 Å². The van der Waals surface area contributed by atoms with E-state index < -0.39 is 0 Å². The zero-order chi connectivity index (χ0) is 15.1. The van der Waals surface area contributed by atoms with Crippen molar-refractivity contribution in [2.75, 3.05) is 18.4 Å². The van der Waals surface area contributed by atoms with E-state index in [0.717, 1.165) is 25.9 Å². The summed E-state index contributed by atoms with van der Waals surface area (Å²) in [6.45, 7) is 8.01. The molecular formula is C16H24N4O. The summed E-state index contributed by atoms with van der Waals surface area (Å²) in [5.74, 6) is 0.627. The normalized spacial score (nSPS) is 12.3. The van der Waals surface area contributed by atoms with Crippen LogP contribution in [0.5, 0.6) is 0 Å². The Kier molecular flexibility index (Phi) is 5.75. The van der Waals surface area contributed by atoms with Gasteiger partial charge in [0.15, 0.2) is 0 Å². The van der Waals surface area contributed by atoms with Gasteiger partial charge in [0.1, 0.15) is 0 Å². The van der Waals surface area contributed by atoms with Gasteiger partial charge in [-0.2, -0.15) is 0 Å². The Morgan fingerprint density at radius 2 is 2.00 bits per heavy atom. The molecule has 0 saturated heterocycles. The maximum atomic E-state index is 5.61. The largest absolute Gasteiger partial charge is 0.406 e. The zero-order valence-corrected chi connectivity index (χ0v) is 13.0. The van der Waals surface area contributed by atoms with E-state index in [1.54, 1.807) is 0 Å². The predicted molar refractivity (Wildman–Crippen MR) is 84.4 cm³/mol. The van der Waals surface area contributed by atoms with Crippen LogP contribution in [0.25, 0.3) is 0 Å². The summed E-state index contributed by atoms with van der Waals surface area (Å²) in [4.78, 5) is 0. The maximum absolute atomic E-state index is 5.61. The van der Waals surface area contributed by atoms with Crippen LogP contribution in [0.1, 0.15) is 43.3 Å². The zero-order valence-electron chi connectivity index (χ0n) is 13.0. The Labute approximate surface area is 126 Å². The van der Waals surface area contributed by atoms with Crippen LogP contribution in [-0.2, 0) is 6.42 Å². The third-order valence-electron chi connectivity index (χ3n) is 3.44. The molecular weight excluding hydrogens is 264 g/mol. The molecule has 114 valence electrons. The summed E-state index contributed by atoms with van der Waals surface area (Å²) in [5.41, 5.74) is 2.64. The number of aryl methyl sites for hydroxylation is 1. The molecule has 1 aromatic carbocycles. The molecule has 5 nitrogen and oxygen atoms in total. The number of anilines is 1. The van der Waals surface area contributed by atoms with E-state index in [4.69, 9.17) is 4.42 Å². The summed E-state index contributed by atoms with van der Waals surface area (Å²) < 4.78 is 5.61. The summed E-state index contributed by atoms with van der Waals surface area (Å²) in [6.07, 6.45) is 2.02. The number of nitrogens with one attached hydrogen (secondary N) is 2. The number of aromatic nitrogens is 2. The molecule has 0 aliphatic rings. The van der Waals surface area contributed by atoms with E-state index in [1.165, 1.54) is 11.1 Å². The lowest BCUT2D eigenvalue weighted by Crippen LogP contribution is -2.19. The van der Waals surface area contributed by atoms with Gasteiger partial charge in [-0.3, -0.25) is 0 Å². The van der Waals surface area contributed by atoms with E-state index in [2.05, 4.69) is 58.9 Å². The van der Waals surface area contributed by atoms with Crippen molar-refractivity contribution in [3.8, 4) is 0 Å². The van der Waals surface area contributed by atoms with Crippen molar-refractivity contribution in [2.45, 2.75) is 39.7 Å². The van der Waals surface area contributed by atoms with Gasteiger partial charge in [0.25, 0.3) is 0 Å². The molecule has 0 amide bonds. The van der Waals surface area contributed by atoms with Crippen LogP contribution in [0.3, 0.4) is 0 Å². The molecule has 1 atom stereocenters. The molecule has 0 radical (unpaired) electrons. The minimum Gasteiger partial charge on any atom is -0.406 e. The number of rotatable bonds is 8. The second-order valence-electron chi connectivity index (χ2n) is 5.22. The first-order chi connectivity index (χ1) is 10.2. The Balaban J connectivity index is 1.81. The topological polar surface area (TPSA) is 63.0 Å². The van der Waals surface area contributed by atoms with Crippen molar-refractivity contribution in [3.63, 3.8) is 0 Å². The first-order valence-electron chi connectivity index (χ1n) is 7.56. The van der Waals surface area contributed by atoms with Gasteiger partial charge in [-0.05, 0) is 44.4 Å². The molecule has 1 unspecified atom stereocenters. The Morgan fingerprint density at radius 1 is 1.19 bits per heavy atom. The molecule has 0 spiro atoms. The fourth-order valence-corrected chi connectivity index (χ4v) is 2.12. The van der Waals surface area contributed by atoms with Crippen LogP contribution in [0.2, 0.25) is 0 Å². The quantitative estimate of drug-likeness (QED) is 0.781. The van der Waals surface area contributed by atoms with Crippen molar-refractivity contribution in [3.05, 3.63) is 41.3 Å². The van der Waals surface area contributed by atoms with Gasteiger partial charge < -0.3 is 15.1 Å². The number of hydrogen-bond donors (Lipinski definition) is 2. The molecule has 5 heteroatoms. The minimum absolute atomic E-state index is 0.0874. The lowest BCUT2D eigenvalue weighted by atomic mass is 10.1. The fraction of sp³-hybridized carbons (Fsp3) is 0.500. The van der Waals surface area contributed by atoms with E-state index in [-0.39, 0.29) is 6.04 Å². The number of benzene rings is 1. The molecule has 0 bridgehead atoms. The summed E-state index contributed by atoms with van der Waals surface area (Å²) in [6, 6.07) is 8.97. The highest BCUT2D eigenvalue weighted by atomic mass is 16.4. The van der Waals surface area contributed by atoms with Crippen molar-refractivity contribution in [1.82, 2.24) is 15.5 Å². The van der Waals surface area contributed by atoms with Gasteiger partial charge >= 0.3 is 6.01 Å². The van der Waals surface area contributed by atoms with E-state index >= 15 is 0 Å². The first-order valence-corrected chi connectivity index (χ1v) is 7.56. The second-order valence-corrected chi connectivity index (χ2v) is 5.22. The van der Waals surface area contributed by atoms with Crippen molar-refractivity contribution in [1.29, 1.82) is 0 Å². The Morgan fingerprint density at radius 3 is 2.76 bits per heavy atom. The highest BCUT2D eigenvalue weighted by Crippen LogP contribution is 2.14. The maximum Gasteiger partial charge on any atom is 0.315 e. The SMILES string of the molecule is CCCNC(C)c1nnc(NCCc2ccccc2C)o1. The van der Waals surface area contributed by atoms with Gasteiger partial charge in [-0.1, -0.05) is 36.3 Å². The molecule has 2 rings (SSSR count). The third kappa shape index (κ3) is 4.56. The standard InChI is InChI=1S/C16H24N4O/c1-4-10-17-13(3)15-19-20-16(21-15)18-11-9-14-8-6-5-7-12(14)2/h5-8,13,17H,4,9-11H2,1-3H3,(H,18,20). The summed E-state index contributed by atoms with van der Waals surface area (Å²) >= 11 is 0. The van der Waals surface area contributed by atoms with Gasteiger partial charge in [-0.15, -0.1) is 5.10 Å². The highest BCUT2D eigenvalue weighted by molar-refractivity contribution is 5.27. The average Bonchev–Trinajstić information content (AvgIpc) is 2.96. The number of hydrogen-bond acceptors (Lipinski definition) is 5. The summed E-state index contributed by atoms with van der Waals surface area (Å²) in [5, 5.41) is 14.6. The van der Waals surface area contributed by atoms with Crippen LogP contribution in [0.15, 0.2) is 28.7 Å². The smallest absolute Gasteiger partial charge is 0.315 e. The van der Waals surface area contributed by atoms with Crippen molar-refractivity contribution < 1.29 is 4.42 Å². The second kappa shape index (κ2) is 7.78. The summed E-state index contributed by atoms with van der Waals surface area (Å²) in [7, 11) is 0. The number of nitrogens with zero attached hydrogens (tertiary/aromatic N) is 2. The van der Waals surface area contributed by atoms with Crippen LogP contribution in [0.4, 0.5) is 6.01 Å². The minimum atomic E-state index is 0.0874. The van der Waals surface area contributed by atoms with Crippen LogP contribution >= 0.6 is 0 Å². The van der Waals surface area contributed by atoms with Crippen molar-refractivity contribution >= 4 is 6.01 Å². The molecule has 0 aliphatic heterocycles. The first kappa shape index (κ1) is 15.5. The highest BCUT2D eigenvalue weighted by Gasteiger charge is 2.12. The molecule has 2 aromatic rings. The molecule has 0 saturated carbocycles. The molecule has 0 aliphatic carbocycles. The molecule has 2 N–H and O–H groups in total. The van der Waals surface area contributed by atoms with E-state index in [1.807, 2.05) is 6.92 Å². The van der Waals surface area contributed by atoms with Crippen LogP contribution in [0, 0.1) is 6.92 Å².